The highest BCUT2D eigenvalue weighted by molar-refractivity contribution is 6.38. The fraction of sp³-hybridized carbons (Fsp3) is 0.846. The number of carbonyl (C=O) groups excluding carboxylic acids is 2. The van der Waals surface area contributed by atoms with Gasteiger partial charge in [0.25, 0.3) is 5.91 Å². The molecule has 0 aromatic heterocycles. The molecular weight excluding hydrogens is 202 g/mol. The summed E-state index contributed by atoms with van der Waals surface area (Å²) in [5.41, 5.74) is -0.701. The molecule has 0 N–H and O–H groups in total. The van der Waals surface area contributed by atoms with Crippen LogP contribution in [0.25, 0.3) is 0 Å². The molecule has 1 fully saturated rings. The number of likely N-dealkylation sites (tertiary alicyclic amines) is 1. The zero-order valence-corrected chi connectivity index (χ0v) is 11.3. The molecule has 0 aromatic carbocycles. The zero-order valence-electron chi connectivity index (χ0n) is 11.3. The molecule has 0 radical (unpaired) electrons. The Kier molecular flexibility index (Phi) is 3.19. The summed E-state index contributed by atoms with van der Waals surface area (Å²) in [5.74, 6) is -0.553. The van der Waals surface area contributed by atoms with Crippen LogP contribution < -0.4 is 0 Å². The number of piperidine rings is 1. The minimum absolute atomic E-state index is 0.141. The number of nitrogens with zero attached hydrogens (tertiary/aromatic N) is 1. The topological polar surface area (TPSA) is 37.4 Å². The minimum atomic E-state index is -0.530. The van der Waals surface area contributed by atoms with E-state index in [1.54, 1.807) is 11.9 Å². The lowest BCUT2D eigenvalue weighted by Crippen LogP contribution is -2.64. The average molecular weight is 225 g/mol. The third-order valence-corrected chi connectivity index (χ3v) is 4.83. The molecule has 1 amide bonds. The van der Waals surface area contributed by atoms with Crippen molar-refractivity contribution in [3.63, 3.8) is 0 Å². The van der Waals surface area contributed by atoms with Crippen molar-refractivity contribution in [2.75, 3.05) is 7.05 Å². The molecule has 0 bridgehead atoms. The van der Waals surface area contributed by atoms with Gasteiger partial charge in [-0.1, -0.05) is 34.6 Å². The average Bonchev–Trinajstić information content (AvgIpc) is 2.24. The van der Waals surface area contributed by atoms with Crippen molar-refractivity contribution >= 4 is 11.7 Å². The van der Waals surface area contributed by atoms with Gasteiger partial charge in [0, 0.05) is 18.5 Å². The molecule has 0 aromatic rings. The molecule has 1 rings (SSSR count). The Morgan fingerprint density at radius 2 is 1.69 bits per heavy atom. The lowest BCUT2D eigenvalue weighted by Gasteiger charge is -2.54. The van der Waals surface area contributed by atoms with Crippen LogP contribution in [0.15, 0.2) is 0 Å². The second-order valence-electron chi connectivity index (χ2n) is 5.58. The highest BCUT2D eigenvalue weighted by atomic mass is 16.2. The molecule has 0 aliphatic carbocycles. The number of Topliss-reactive ketones (excluding diaryl/α,β-unsaturated/α-hetero) is 1. The SMILES string of the molecule is CCC1N(C)C(=O)C(=O)C(C)(CC)C1(C)C. The number of ketones is 1. The molecule has 1 saturated heterocycles. The van der Waals surface area contributed by atoms with Gasteiger partial charge in [-0.3, -0.25) is 9.59 Å². The maximum Gasteiger partial charge on any atom is 0.290 e. The van der Waals surface area contributed by atoms with Gasteiger partial charge in [0.1, 0.15) is 0 Å². The zero-order chi connectivity index (χ0) is 12.7. The Labute approximate surface area is 98.2 Å². The van der Waals surface area contributed by atoms with E-state index in [0.717, 1.165) is 12.8 Å². The molecular formula is C13H23NO2. The van der Waals surface area contributed by atoms with Crippen molar-refractivity contribution in [1.29, 1.82) is 0 Å². The summed E-state index contributed by atoms with van der Waals surface area (Å²) in [6, 6.07) is 0.141. The Hall–Kier alpha value is -0.860. The van der Waals surface area contributed by atoms with E-state index in [4.69, 9.17) is 0 Å². The maximum atomic E-state index is 12.2. The maximum absolute atomic E-state index is 12.2. The molecule has 3 nitrogen and oxygen atoms in total. The van der Waals surface area contributed by atoms with E-state index >= 15 is 0 Å². The van der Waals surface area contributed by atoms with Crippen molar-refractivity contribution in [2.45, 2.75) is 53.5 Å². The first-order chi connectivity index (χ1) is 7.24. The molecule has 1 heterocycles. The van der Waals surface area contributed by atoms with E-state index < -0.39 is 5.41 Å². The Morgan fingerprint density at radius 1 is 1.19 bits per heavy atom. The second kappa shape index (κ2) is 3.86. The van der Waals surface area contributed by atoms with Gasteiger partial charge in [-0.25, -0.2) is 0 Å². The van der Waals surface area contributed by atoms with Gasteiger partial charge in [0.05, 0.1) is 0 Å². The van der Waals surface area contributed by atoms with E-state index in [0.29, 0.717) is 0 Å². The van der Waals surface area contributed by atoms with Crippen LogP contribution in [0.4, 0.5) is 0 Å². The smallest absolute Gasteiger partial charge is 0.290 e. The van der Waals surface area contributed by atoms with Crippen LogP contribution in [0.5, 0.6) is 0 Å². The normalized spacial score (nSPS) is 34.4. The first kappa shape index (κ1) is 13.2. The Morgan fingerprint density at radius 3 is 2.06 bits per heavy atom. The van der Waals surface area contributed by atoms with Gasteiger partial charge in [0.15, 0.2) is 0 Å². The number of amides is 1. The quantitative estimate of drug-likeness (QED) is 0.676. The summed E-state index contributed by atoms with van der Waals surface area (Å²) in [6.07, 6.45) is 1.60. The molecule has 2 unspecified atom stereocenters. The number of likely N-dealkylation sites (N-methyl/N-ethyl adjacent to an activating group) is 1. The van der Waals surface area contributed by atoms with E-state index in [1.165, 1.54) is 0 Å². The van der Waals surface area contributed by atoms with Gasteiger partial charge in [-0.05, 0) is 18.3 Å². The first-order valence-corrected chi connectivity index (χ1v) is 6.05. The molecule has 92 valence electrons. The molecule has 1 aliphatic rings. The molecule has 1 aliphatic heterocycles. The van der Waals surface area contributed by atoms with Crippen molar-refractivity contribution in [2.24, 2.45) is 10.8 Å². The summed E-state index contributed by atoms with van der Waals surface area (Å²) >= 11 is 0. The first-order valence-electron chi connectivity index (χ1n) is 6.05. The van der Waals surface area contributed by atoms with E-state index in [9.17, 15) is 9.59 Å². The van der Waals surface area contributed by atoms with Gasteiger partial charge < -0.3 is 4.90 Å². The summed E-state index contributed by atoms with van der Waals surface area (Å²) in [4.78, 5) is 25.7. The van der Waals surface area contributed by atoms with Crippen LogP contribution in [-0.2, 0) is 9.59 Å². The van der Waals surface area contributed by atoms with Gasteiger partial charge in [-0.2, -0.15) is 0 Å². The van der Waals surface area contributed by atoms with Crippen LogP contribution >= 0.6 is 0 Å². The summed E-state index contributed by atoms with van der Waals surface area (Å²) in [6.45, 7) is 10.2. The number of carbonyl (C=O) groups is 2. The van der Waals surface area contributed by atoms with Gasteiger partial charge >= 0.3 is 0 Å². The minimum Gasteiger partial charge on any atom is -0.336 e. The molecule has 2 atom stereocenters. The van der Waals surface area contributed by atoms with Crippen LogP contribution in [-0.4, -0.2) is 29.7 Å². The van der Waals surface area contributed by atoms with Crippen molar-refractivity contribution in [3.8, 4) is 0 Å². The predicted octanol–water partition coefficient (Wildman–Crippen LogP) is 2.25. The molecule has 0 saturated carbocycles. The largest absolute Gasteiger partial charge is 0.336 e. The van der Waals surface area contributed by atoms with Crippen LogP contribution in [0.2, 0.25) is 0 Å². The highest BCUT2D eigenvalue weighted by Crippen LogP contribution is 2.50. The fourth-order valence-electron chi connectivity index (χ4n) is 3.08. The van der Waals surface area contributed by atoms with Crippen LogP contribution in [0, 0.1) is 10.8 Å². The third kappa shape index (κ3) is 1.40. The molecule has 0 spiro atoms. The second-order valence-corrected chi connectivity index (χ2v) is 5.58. The molecule has 16 heavy (non-hydrogen) atoms. The van der Waals surface area contributed by atoms with Crippen LogP contribution in [0.3, 0.4) is 0 Å². The van der Waals surface area contributed by atoms with Gasteiger partial charge in [0.2, 0.25) is 5.78 Å². The van der Waals surface area contributed by atoms with E-state index in [-0.39, 0.29) is 23.1 Å². The summed E-state index contributed by atoms with van der Waals surface area (Å²) in [5, 5.41) is 0. The van der Waals surface area contributed by atoms with Crippen molar-refractivity contribution in [1.82, 2.24) is 4.90 Å². The van der Waals surface area contributed by atoms with Gasteiger partial charge in [-0.15, -0.1) is 0 Å². The predicted molar refractivity (Wildman–Crippen MR) is 64.0 cm³/mol. The van der Waals surface area contributed by atoms with E-state index in [1.807, 2.05) is 13.8 Å². The van der Waals surface area contributed by atoms with E-state index in [2.05, 4.69) is 20.8 Å². The monoisotopic (exact) mass is 225 g/mol. The number of rotatable bonds is 2. The summed E-state index contributed by atoms with van der Waals surface area (Å²) < 4.78 is 0. The van der Waals surface area contributed by atoms with Crippen LogP contribution in [0.1, 0.15) is 47.5 Å². The fourth-order valence-corrected chi connectivity index (χ4v) is 3.08. The standard InChI is InChI=1S/C13H23NO2/c1-7-9-12(3,4)13(5,8-2)10(15)11(16)14(9)6/h9H,7-8H2,1-6H3. The Balaban J connectivity index is 3.31. The summed E-state index contributed by atoms with van der Waals surface area (Å²) in [7, 11) is 1.74. The molecule has 3 heteroatoms. The third-order valence-electron chi connectivity index (χ3n) is 4.83. The lowest BCUT2D eigenvalue weighted by atomic mass is 9.56. The Bertz CT molecular complexity index is 322. The lowest BCUT2D eigenvalue weighted by molar-refractivity contribution is -0.168. The number of hydrogen-bond donors (Lipinski definition) is 0. The van der Waals surface area contributed by atoms with Crippen molar-refractivity contribution < 1.29 is 9.59 Å². The number of hydrogen-bond acceptors (Lipinski definition) is 2. The van der Waals surface area contributed by atoms with Crippen molar-refractivity contribution in [3.05, 3.63) is 0 Å². The highest BCUT2D eigenvalue weighted by Gasteiger charge is 2.57.